The van der Waals surface area contributed by atoms with E-state index >= 15 is 0 Å². The minimum absolute atomic E-state index is 0.187. The summed E-state index contributed by atoms with van der Waals surface area (Å²) in [7, 11) is 0. The highest BCUT2D eigenvalue weighted by molar-refractivity contribution is 5.83. The van der Waals surface area contributed by atoms with Gasteiger partial charge in [0.1, 0.15) is 11.8 Å². The summed E-state index contributed by atoms with van der Waals surface area (Å²) in [6.07, 6.45) is 1.60. The van der Waals surface area contributed by atoms with Crippen LogP contribution in [-0.4, -0.2) is 11.9 Å². The second-order valence-corrected chi connectivity index (χ2v) is 6.21. The van der Waals surface area contributed by atoms with Crippen LogP contribution in [0.5, 0.6) is 0 Å². The lowest BCUT2D eigenvalue weighted by molar-refractivity contribution is -0.125. The fourth-order valence-electron chi connectivity index (χ4n) is 2.05. The highest BCUT2D eigenvalue weighted by Gasteiger charge is 2.30. The van der Waals surface area contributed by atoms with Crippen LogP contribution in [0.4, 0.5) is 0 Å². The molecule has 1 amide bonds. The van der Waals surface area contributed by atoms with Gasteiger partial charge in [-0.2, -0.15) is 0 Å². The lowest BCUT2D eigenvalue weighted by Crippen LogP contribution is -2.49. The van der Waals surface area contributed by atoms with Crippen LogP contribution in [0.25, 0.3) is 0 Å². The van der Waals surface area contributed by atoms with Gasteiger partial charge >= 0.3 is 0 Å². The van der Waals surface area contributed by atoms with Gasteiger partial charge in [-0.3, -0.25) is 4.79 Å². The summed E-state index contributed by atoms with van der Waals surface area (Å²) < 4.78 is 5.46. The van der Waals surface area contributed by atoms with E-state index in [1.54, 1.807) is 12.3 Å². The van der Waals surface area contributed by atoms with Gasteiger partial charge < -0.3 is 15.5 Å². The molecule has 1 aromatic carbocycles. The van der Waals surface area contributed by atoms with E-state index in [9.17, 15) is 4.79 Å². The van der Waals surface area contributed by atoms with Crippen LogP contribution in [0.2, 0.25) is 0 Å². The fourth-order valence-corrected chi connectivity index (χ4v) is 2.05. The van der Waals surface area contributed by atoms with E-state index in [0.717, 1.165) is 5.56 Å². The SMILES string of the molecule is CC(C)(C)[C@@H](N)C(=O)NC(c1ccccc1)c1ccco1. The summed E-state index contributed by atoms with van der Waals surface area (Å²) >= 11 is 0. The Morgan fingerprint density at radius 1 is 1.14 bits per heavy atom. The molecule has 0 radical (unpaired) electrons. The van der Waals surface area contributed by atoms with Crippen molar-refractivity contribution in [2.75, 3.05) is 0 Å². The first-order chi connectivity index (χ1) is 9.89. The van der Waals surface area contributed by atoms with Crippen molar-refractivity contribution in [3.63, 3.8) is 0 Å². The van der Waals surface area contributed by atoms with Crippen LogP contribution < -0.4 is 11.1 Å². The van der Waals surface area contributed by atoms with Crippen molar-refractivity contribution in [1.82, 2.24) is 5.32 Å². The van der Waals surface area contributed by atoms with Crippen molar-refractivity contribution in [2.45, 2.75) is 32.9 Å². The van der Waals surface area contributed by atoms with Gasteiger partial charge in [-0.1, -0.05) is 51.1 Å². The summed E-state index contributed by atoms with van der Waals surface area (Å²) in [5.74, 6) is 0.503. The number of hydrogen-bond donors (Lipinski definition) is 2. The summed E-state index contributed by atoms with van der Waals surface area (Å²) in [6, 6.07) is 12.4. The van der Waals surface area contributed by atoms with Crippen LogP contribution in [0.15, 0.2) is 53.1 Å². The Morgan fingerprint density at radius 2 is 1.81 bits per heavy atom. The second-order valence-electron chi connectivity index (χ2n) is 6.21. The molecular formula is C17H22N2O2. The maximum absolute atomic E-state index is 12.4. The smallest absolute Gasteiger partial charge is 0.238 e. The zero-order chi connectivity index (χ0) is 15.5. The van der Waals surface area contributed by atoms with E-state index in [2.05, 4.69) is 5.32 Å². The number of nitrogens with one attached hydrogen (secondary N) is 1. The third-order valence-electron chi connectivity index (χ3n) is 3.46. The molecule has 0 saturated carbocycles. The fraction of sp³-hybridized carbons (Fsp3) is 0.353. The van der Waals surface area contributed by atoms with Crippen molar-refractivity contribution in [2.24, 2.45) is 11.1 Å². The van der Waals surface area contributed by atoms with Crippen LogP contribution in [-0.2, 0) is 4.79 Å². The highest BCUT2D eigenvalue weighted by atomic mass is 16.3. The molecule has 0 bridgehead atoms. The first-order valence-corrected chi connectivity index (χ1v) is 7.04. The minimum atomic E-state index is -0.585. The van der Waals surface area contributed by atoms with Crippen LogP contribution in [0.3, 0.4) is 0 Å². The van der Waals surface area contributed by atoms with Crippen molar-refractivity contribution in [3.05, 3.63) is 60.1 Å². The van der Waals surface area contributed by atoms with Gasteiger partial charge in [-0.15, -0.1) is 0 Å². The van der Waals surface area contributed by atoms with E-state index in [1.807, 2.05) is 57.2 Å². The molecule has 0 aliphatic heterocycles. The molecule has 1 aromatic heterocycles. The van der Waals surface area contributed by atoms with E-state index < -0.39 is 6.04 Å². The molecule has 4 nitrogen and oxygen atoms in total. The summed E-state index contributed by atoms with van der Waals surface area (Å²) in [5.41, 5.74) is 6.69. The lowest BCUT2D eigenvalue weighted by Gasteiger charge is -2.28. The Hall–Kier alpha value is -2.07. The third kappa shape index (κ3) is 3.73. The molecule has 2 rings (SSSR count). The molecule has 0 saturated heterocycles. The molecule has 0 aliphatic carbocycles. The molecular weight excluding hydrogens is 264 g/mol. The van der Waals surface area contributed by atoms with Gasteiger partial charge in [0.05, 0.1) is 12.3 Å². The Morgan fingerprint density at radius 3 is 2.33 bits per heavy atom. The third-order valence-corrected chi connectivity index (χ3v) is 3.46. The lowest BCUT2D eigenvalue weighted by atomic mass is 9.86. The Balaban J connectivity index is 2.24. The number of benzene rings is 1. The summed E-state index contributed by atoms with van der Waals surface area (Å²) in [6.45, 7) is 5.84. The Kier molecular flexibility index (Phi) is 4.48. The molecule has 0 spiro atoms. The highest BCUT2D eigenvalue weighted by Crippen LogP contribution is 2.24. The van der Waals surface area contributed by atoms with E-state index in [-0.39, 0.29) is 17.4 Å². The molecule has 2 aromatic rings. The van der Waals surface area contributed by atoms with Gasteiger partial charge in [0.15, 0.2) is 0 Å². The largest absolute Gasteiger partial charge is 0.467 e. The Bertz CT molecular complexity index is 571. The second kappa shape index (κ2) is 6.14. The van der Waals surface area contributed by atoms with E-state index in [1.165, 1.54) is 0 Å². The maximum Gasteiger partial charge on any atom is 0.238 e. The molecule has 4 heteroatoms. The zero-order valence-electron chi connectivity index (χ0n) is 12.7. The van der Waals surface area contributed by atoms with Gasteiger partial charge in [0, 0.05) is 0 Å². The topological polar surface area (TPSA) is 68.3 Å². The number of rotatable bonds is 4. The molecule has 0 fully saturated rings. The van der Waals surface area contributed by atoms with E-state index in [4.69, 9.17) is 10.2 Å². The molecule has 3 N–H and O–H groups in total. The number of hydrogen-bond acceptors (Lipinski definition) is 3. The first kappa shape index (κ1) is 15.3. The minimum Gasteiger partial charge on any atom is -0.467 e. The van der Waals surface area contributed by atoms with Crippen molar-refractivity contribution >= 4 is 5.91 Å². The average molecular weight is 286 g/mol. The molecule has 2 atom stereocenters. The Labute approximate surface area is 125 Å². The summed E-state index contributed by atoms with van der Waals surface area (Å²) in [4.78, 5) is 12.4. The predicted molar refractivity (Wildman–Crippen MR) is 82.6 cm³/mol. The average Bonchev–Trinajstić information content (AvgIpc) is 2.97. The molecule has 21 heavy (non-hydrogen) atoms. The van der Waals surface area contributed by atoms with Gasteiger partial charge in [-0.05, 0) is 23.1 Å². The number of amides is 1. The van der Waals surface area contributed by atoms with Crippen LogP contribution in [0, 0.1) is 5.41 Å². The molecule has 1 heterocycles. The monoisotopic (exact) mass is 286 g/mol. The molecule has 112 valence electrons. The van der Waals surface area contributed by atoms with Gasteiger partial charge in [0.2, 0.25) is 5.91 Å². The first-order valence-electron chi connectivity index (χ1n) is 7.04. The maximum atomic E-state index is 12.4. The predicted octanol–water partition coefficient (Wildman–Crippen LogP) is 2.86. The van der Waals surface area contributed by atoms with Crippen molar-refractivity contribution in [3.8, 4) is 0 Å². The molecule has 0 aliphatic rings. The number of nitrogens with two attached hydrogens (primary N) is 1. The number of carbonyl (C=O) groups excluding carboxylic acids is 1. The number of furan rings is 1. The van der Waals surface area contributed by atoms with Crippen molar-refractivity contribution in [1.29, 1.82) is 0 Å². The van der Waals surface area contributed by atoms with Gasteiger partial charge in [-0.25, -0.2) is 0 Å². The normalized spacial score (nSPS) is 14.5. The van der Waals surface area contributed by atoms with E-state index in [0.29, 0.717) is 5.76 Å². The standard InChI is InChI=1S/C17H22N2O2/c1-17(2,3)15(18)16(20)19-14(13-10-7-11-21-13)12-8-5-4-6-9-12/h4-11,14-15H,18H2,1-3H3,(H,19,20)/t14?,15-/m0/s1. The zero-order valence-corrected chi connectivity index (χ0v) is 12.7. The van der Waals surface area contributed by atoms with Crippen LogP contribution in [0.1, 0.15) is 38.1 Å². The van der Waals surface area contributed by atoms with Gasteiger partial charge in [0.25, 0.3) is 0 Å². The van der Waals surface area contributed by atoms with Crippen LogP contribution >= 0.6 is 0 Å². The number of carbonyl (C=O) groups is 1. The van der Waals surface area contributed by atoms with Crippen molar-refractivity contribution < 1.29 is 9.21 Å². The summed E-state index contributed by atoms with van der Waals surface area (Å²) in [5, 5.41) is 2.98. The quantitative estimate of drug-likeness (QED) is 0.908. The molecule has 1 unspecified atom stereocenters.